The van der Waals surface area contributed by atoms with Crippen molar-refractivity contribution < 1.29 is 29.0 Å². The maximum Gasteiger partial charge on any atom is 0.335 e. The molecule has 1 aliphatic rings. The number of carbonyl (C=O) groups excluding carboxylic acids is 2. The van der Waals surface area contributed by atoms with Crippen molar-refractivity contribution in [3.8, 4) is 11.5 Å². The zero-order chi connectivity index (χ0) is 26.7. The predicted molar refractivity (Wildman–Crippen MR) is 143 cm³/mol. The van der Waals surface area contributed by atoms with E-state index in [2.05, 4.69) is 5.32 Å². The Morgan fingerprint density at radius 2 is 1.68 bits per heavy atom. The Morgan fingerprint density at radius 3 is 2.30 bits per heavy atom. The molecule has 0 saturated carbocycles. The molecule has 0 aliphatic carbocycles. The summed E-state index contributed by atoms with van der Waals surface area (Å²) in [7, 11) is 1.49. The minimum Gasteiger partial charge on any atom is -0.493 e. The highest BCUT2D eigenvalue weighted by molar-refractivity contribution is 7.80. The first-order valence-electron chi connectivity index (χ1n) is 11.3. The number of amides is 2. The molecule has 1 heterocycles. The van der Waals surface area contributed by atoms with Crippen LogP contribution in [0.4, 0.5) is 5.69 Å². The van der Waals surface area contributed by atoms with Gasteiger partial charge in [-0.3, -0.25) is 19.8 Å². The Kier molecular flexibility index (Phi) is 7.35. The van der Waals surface area contributed by atoms with Crippen molar-refractivity contribution in [2.75, 3.05) is 12.0 Å². The van der Waals surface area contributed by atoms with Crippen molar-refractivity contribution in [1.82, 2.24) is 5.32 Å². The second-order valence-electron chi connectivity index (χ2n) is 8.50. The predicted octanol–water partition coefficient (Wildman–Crippen LogP) is 4.42. The van der Waals surface area contributed by atoms with Crippen LogP contribution in [0.15, 0.2) is 66.2 Å². The molecule has 3 aromatic carbocycles. The maximum absolute atomic E-state index is 13.3. The lowest BCUT2D eigenvalue weighted by Gasteiger charge is -2.29. The first-order valence-corrected chi connectivity index (χ1v) is 11.7. The van der Waals surface area contributed by atoms with Gasteiger partial charge >= 0.3 is 5.97 Å². The number of aromatic carboxylic acids is 1. The van der Waals surface area contributed by atoms with Crippen LogP contribution in [-0.2, 0) is 16.2 Å². The first-order chi connectivity index (χ1) is 17.7. The van der Waals surface area contributed by atoms with Gasteiger partial charge in [0.15, 0.2) is 16.6 Å². The van der Waals surface area contributed by atoms with E-state index >= 15 is 0 Å². The van der Waals surface area contributed by atoms with Crippen molar-refractivity contribution in [2.45, 2.75) is 20.5 Å². The summed E-state index contributed by atoms with van der Waals surface area (Å²) in [5.74, 6) is -1.25. The van der Waals surface area contributed by atoms with Gasteiger partial charge in [0.05, 0.1) is 18.4 Å². The third-order valence-corrected chi connectivity index (χ3v) is 5.94. The fraction of sp³-hybridized carbons (Fsp3) is 0.143. The molecule has 4 rings (SSSR count). The summed E-state index contributed by atoms with van der Waals surface area (Å²) < 4.78 is 11.3. The van der Waals surface area contributed by atoms with E-state index in [1.165, 1.54) is 30.2 Å². The van der Waals surface area contributed by atoms with Crippen LogP contribution in [0.3, 0.4) is 0 Å². The maximum atomic E-state index is 13.3. The highest BCUT2D eigenvalue weighted by Gasteiger charge is 2.34. The number of anilines is 1. The summed E-state index contributed by atoms with van der Waals surface area (Å²) in [6, 6.07) is 17.0. The van der Waals surface area contributed by atoms with E-state index in [0.717, 1.165) is 16.7 Å². The van der Waals surface area contributed by atoms with Gasteiger partial charge in [0.1, 0.15) is 12.2 Å². The Labute approximate surface area is 219 Å². The topological polar surface area (TPSA) is 105 Å². The quantitative estimate of drug-likeness (QED) is 0.272. The molecule has 1 aliphatic heterocycles. The molecular weight excluding hydrogens is 492 g/mol. The lowest BCUT2D eigenvalue weighted by molar-refractivity contribution is -0.122. The van der Waals surface area contributed by atoms with Crippen molar-refractivity contribution in [2.24, 2.45) is 0 Å². The van der Waals surface area contributed by atoms with Gasteiger partial charge in [0, 0.05) is 0 Å². The summed E-state index contributed by atoms with van der Waals surface area (Å²) in [5, 5.41) is 11.6. The average Bonchev–Trinajstić information content (AvgIpc) is 2.85. The number of hydrogen-bond donors (Lipinski definition) is 2. The zero-order valence-corrected chi connectivity index (χ0v) is 21.2. The first kappa shape index (κ1) is 25.6. The van der Waals surface area contributed by atoms with Crippen molar-refractivity contribution in [3.63, 3.8) is 0 Å². The molecule has 188 valence electrons. The largest absolute Gasteiger partial charge is 0.493 e. The van der Waals surface area contributed by atoms with Crippen molar-refractivity contribution >= 4 is 46.9 Å². The molecule has 3 aromatic rings. The molecule has 0 radical (unpaired) electrons. The lowest BCUT2D eigenvalue weighted by atomic mass is 10.1. The third-order valence-electron chi connectivity index (χ3n) is 5.66. The van der Waals surface area contributed by atoms with Gasteiger partial charge < -0.3 is 14.6 Å². The molecule has 2 N–H and O–H groups in total. The number of nitrogens with one attached hydrogen (secondary N) is 1. The molecule has 0 spiro atoms. The van der Waals surface area contributed by atoms with Crippen LogP contribution in [-0.4, -0.2) is 35.1 Å². The number of thiocarbonyl (C=S) groups is 1. The number of ether oxygens (including phenoxy) is 2. The van der Waals surface area contributed by atoms with Gasteiger partial charge in [-0.15, -0.1) is 0 Å². The molecule has 9 heteroatoms. The normalized spacial score (nSPS) is 14.5. The second-order valence-corrected chi connectivity index (χ2v) is 8.89. The fourth-order valence-corrected chi connectivity index (χ4v) is 4.22. The van der Waals surface area contributed by atoms with Crippen molar-refractivity contribution in [3.05, 3.63) is 94.1 Å². The van der Waals surface area contributed by atoms with Gasteiger partial charge in [-0.25, -0.2) is 4.79 Å². The molecule has 1 fully saturated rings. The summed E-state index contributed by atoms with van der Waals surface area (Å²) in [5.41, 5.74) is 3.97. The average molecular weight is 517 g/mol. The molecule has 1 saturated heterocycles. The highest BCUT2D eigenvalue weighted by Crippen LogP contribution is 2.31. The Balaban J connectivity index is 1.57. The van der Waals surface area contributed by atoms with E-state index in [0.29, 0.717) is 22.7 Å². The lowest BCUT2D eigenvalue weighted by Crippen LogP contribution is -2.54. The Morgan fingerprint density at radius 1 is 1.00 bits per heavy atom. The van der Waals surface area contributed by atoms with E-state index in [4.69, 9.17) is 26.8 Å². The summed E-state index contributed by atoms with van der Waals surface area (Å²) in [6.45, 7) is 4.04. The number of benzene rings is 3. The monoisotopic (exact) mass is 516 g/mol. The molecule has 37 heavy (non-hydrogen) atoms. The standard InChI is InChI=1S/C28H24N2O6S/c1-16-10-17(2)12-21(11-16)30-26(32)22(25(31)29-28(30)37)13-19-6-9-23(24(14-19)35-3)36-15-18-4-7-20(8-5-18)27(33)34/h4-14H,15H2,1-3H3,(H,33,34)(H,29,31,37)/b22-13-. The number of carbonyl (C=O) groups is 3. The second kappa shape index (κ2) is 10.6. The van der Waals surface area contributed by atoms with Crippen LogP contribution >= 0.6 is 12.2 Å². The molecule has 0 unspecified atom stereocenters. The van der Waals surface area contributed by atoms with Crippen LogP contribution in [0.25, 0.3) is 6.08 Å². The minimum absolute atomic E-state index is 0.0230. The molecule has 8 nitrogen and oxygen atoms in total. The van der Waals surface area contributed by atoms with E-state index in [-0.39, 0.29) is 22.9 Å². The number of methoxy groups -OCH3 is 1. The van der Waals surface area contributed by atoms with Gasteiger partial charge in [0.2, 0.25) is 0 Å². The van der Waals surface area contributed by atoms with Crippen LogP contribution in [0.5, 0.6) is 11.5 Å². The van der Waals surface area contributed by atoms with Gasteiger partial charge in [0.25, 0.3) is 11.8 Å². The SMILES string of the molecule is COc1cc(/C=C2/C(=O)NC(=S)N(c3cc(C)cc(C)c3)C2=O)ccc1OCc1ccc(C(=O)O)cc1. The number of carboxylic acid groups (broad SMARTS) is 1. The van der Waals surface area contributed by atoms with Crippen LogP contribution in [0.2, 0.25) is 0 Å². The molecule has 2 amide bonds. The third kappa shape index (κ3) is 5.68. The number of aryl methyl sites for hydroxylation is 2. The Hall–Kier alpha value is -4.50. The minimum atomic E-state index is -0.997. The Bertz CT molecular complexity index is 1430. The highest BCUT2D eigenvalue weighted by atomic mass is 32.1. The van der Waals surface area contributed by atoms with E-state index in [9.17, 15) is 14.4 Å². The molecule has 0 bridgehead atoms. The molecular formula is C28H24N2O6S. The summed E-state index contributed by atoms with van der Waals surface area (Å²) >= 11 is 5.29. The number of carboxylic acids is 1. The molecule has 0 atom stereocenters. The van der Waals surface area contributed by atoms with E-state index in [1.54, 1.807) is 30.3 Å². The van der Waals surface area contributed by atoms with Crippen molar-refractivity contribution in [1.29, 1.82) is 0 Å². The van der Waals surface area contributed by atoms with Gasteiger partial charge in [-0.1, -0.05) is 24.3 Å². The van der Waals surface area contributed by atoms with E-state index < -0.39 is 17.8 Å². The summed E-state index contributed by atoms with van der Waals surface area (Å²) in [6.07, 6.45) is 1.48. The van der Waals surface area contributed by atoms with Crippen LogP contribution in [0.1, 0.15) is 32.6 Å². The van der Waals surface area contributed by atoms with Gasteiger partial charge in [-0.05, 0) is 90.8 Å². The number of nitrogens with zero attached hydrogens (tertiary/aromatic N) is 1. The van der Waals surface area contributed by atoms with Gasteiger partial charge in [-0.2, -0.15) is 0 Å². The van der Waals surface area contributed by atoms with E-state index in [1.807, 2.05) is 32.0 Å². The number of rotatable bonds is 7. The smallest absolute Gasteiger partial charge is 0.335 e. The number of hydrogen-bond acceptors (Lipinski definition) is 6. The molecule has 0 aromatic heterocycles. The van der Waals surface area contributed by atoms with Crippen LogP contribution < -0.4 is 19.7 Å². The van der Waals surface area contributed by atoms with Crippen LogP contribution in [0, 0.1) is 13.8 Å². The zero-order valence-electron chi connectivity index (χ0n) is 20.4. The fourth-order valence-electron chi connectivity index (χ4n) is 3.94. The summed E-state index contributed by atoms with van der Waals surface area (Å²) in [4.78, 5) is 38.3.